The molecule has 0 radical (unpaired) electrons. The zero-order valence-electron chi connectivity index (χ0n) is 17.7. The van der Waals surface area contributed by atoms with Gasteiger partial charge >= 0.3 is 0 Å². The molecule has 0 saturated carbocycles. The van der Waals surface area contributed by atoms with Gasteiger partial charge in [0.2, 0.25) is 6.08 Å². The van der Waals surface area contributed by atoms with E-state index in [4.69, 9.17) is 0 Å². The molecular weight excluding hydrogens is 353 g/mol. The average molecular weight is 392 g/mol. The van der Waals surface area contributed by atoms with Crippen LogP contribution in [-0.4, -0.2) is 18.4 Å². The maximum absolute atomic E-state index is 14.2. The first-order chi connectivity index (χ1) is 13.0. The summed E-state index contributed by atoms with van der Waals surface area (Å²) in [7, 11) is -2.48. The van der Waals surface area contributed by atoms with Gasteiger partial charge in [-0.05, 0) is 36.1 Å². The molecule has 3 nitrogen and oxygen atoms in total. The number of hydrogen-bond donors (Lipinski definition) is 0. The summed E-state index contributed by atoms with van der Waals surface area (Å²) in [5.41, 5.74) is 0.580. The Labute approximate surface area is 166 Å². The van der Waals surface area contributed by atoms with Crippen molar-refractivity contribution in [1.82, 2.24) is 0 Å². The zero-order valence-corrected chi connectivity index (χ0v) is 18.6. The van der Waals surface area contributed by atoms with E-state index < -0.39 is 7.14 Å². The fourth-order valence-electron chi connectivity index (χ4n) is 3.81. The van der Waals surface area contributed by atoms with E-state index in [9.17, 15) is 9.36 Å². The highest BCUT2D eigenvalue weighted by molar-refractivity contribution is 7.71. The van der Waals surface area contributed by atoms with Crippen LogP contribution in [0.25, 0.3) is 0 Å². The number of rotatable bonds is 14. The van der Waals surface area contributed by atoms with E-state index in [1.165, 1.54) is 25.7 Å². The van der Waals surface area contributed by atoms with Crippen LogP contribution in [0.4, 0.5) is 5.69 Å². The average Bonchev–Trinajstić information content (AvgIpc) is 2.69. The van der Waals surface area contributed by atoms with Gasteiger partial charge in [0.15, 0.2) is 0 Å². The third-order valence-corrected chi connectivity index (χ3v) is 9.14. The number of benzene rings is 1. The third-order valence-electron chi connectivity index (χ3n) is 5.69. The zero-order chi connectivity index (χ0) is 20.1. The fourth-order valence-corrected chi connectivity index (χ4v) is 7.62. The first-order valence-corrected chi connectivity index (χ1v) is 12.9. The van der Waals surface area contributed by atoms with E-state index in [0.717, 1.165) is 43.3 Å². The second-order valence-corrected chi connectivity index (χ2v) is 10.8. The monoisotopic (exact) mass is 391 g/mol. The van der Waals surface area contributed by atoms with Crippen molar-refractivity contribution in [3.8, 4) is 0 Å². The summed E-state index contributed by atoms with van der Waals surface area (Å²) in [5.74, 6) is 1.04. The second-order valence-electron chi connectivity index (χ2n) is 7.81. The van der Waals surface area contributed by atoms with Crippen LogP contribution in [0, 0.1) is 11.8 Å². The molecule has 0 aliphatic carbocycles. The minimum atomic E-state index is -2.48. The van der Waals surface area contributed by atoms with Gasteiger partial charge in [0.1, 0.15) is 7.14 Å². The van der Waals surface area contributed by atoms with Crippen LogP contribution < -0.4 is 5.30 Å². The first kappa shape index (κ1) is 23.9. The lowest BCUT2D eigenvalue weighted by atomic mass is 10.0. The van der Waals surface area contributed by atoms with Gasteiger partial charge in [-0.25, -0.2) is 4.79 Å². The van der Waals surface area contributed by atoms with Crippen LogP contribution in [0.2, 0.25) is 0 Å². The fraction of sp³-hybridized carbons (Fsp3) is 0.696. The molecule has 0 aliphatic heterocycles. The number of carbonyl (C=O) groups excluding carboxylic acids is 1. The number of aliphatic imine (C=N–C) groups is 1. The Hall–Kier alpha value is -1.17. The smallest absolute Gasteiger partial charge is 0.240 e. The summed E-state index contributed by atoms with van der Waals surface area (Å²) in [6, 6.07) is 7.45. The highest BCUT2D eigenvalue weighted by Gasteiger charge is 2.30. The largest absolute Gasteiger partial charge is 0.319 e. The maximum Gasteiger partial charge on any atom is 0.240 e. The summed E-state index contributed by atoms with van der Waals surface area (Å²) >= 11 is 0. The molecule has 2 atom stereocenters. The van der Waals surface area contributed by atoms with Crippen molar-refractivity contribution in [1.29, 1.82) is 0 Å². The molecule has 0 heterocycles. The lowest BCUT2D eigenvalue weighted by Gasteiger charge is -2.28. The van der Waals surface area contributed by atoms with Crippen LogP contribution in [0.1, 0.15) is 79.1 Å². The van der Waals surface area contributed by atoms with Crippen molar-refractivity contribution in [2.24, 2.45) is 16.8 Å². The summed E-state index contributed by atoms with van der Waals surface area (Å²) in [5, 5.41) is 0.956. The maximum atomic E-state index is 14.2. The van der Waals surface area contributed by atoms with E-state index in [0.29, 0.717) is 17.5 Å². The van der Waals surface area contributed by atoms with Gasteiger partial charge < -0.3 is 4.57 Å². The van der Waals surface area contributed by atoms with Gasteiger partial charge in [-0.2, -0.15) is 4.99 Å². The Bertz CT molecular complexity index is 598. The Balaban J connectivity index is 3.12. The minimum absolute atomic E-state index is 0.520. The highest BCUT2D eigenvalue weighted by Crippen LogP contribution is 2.50. The summed E-state index contributed by atoms with van der Waals surface area (Å²) in [4.78, 5) is 14.1. The molecule has 2 unspecified atom stereocenters. The predicted molar refractivity (Wildman–Crippen MR) is 118 cm³/mol. The van der Waals surface area contributed by atoms with Crippen LogP contribution in [0.15, 0.2) is 29.3 Å². The molecule has 0 saturated heterocycles. The molecule has 152 valence electrons. The van der Waals surface area contributed by atoms with Crippen LogP contribution >= 0.6 is 7.14 Å². The van der Waals surface area contributed by atoms with Crippen molar-refractivity contribution in [3.05, 3.63) is 24.3 Å². The highest BCUT2D eigenvalue weighted by atomic mass is 31.2. The molecule has 1 aromatic rings. The van der Waals surface area contributed by atoms with E-state index in [1.54, 1.807) is 18.2 Å². The van der Waals surface area contributed by atoms with Gasteiger partial charge in [-0.3, -0.25) is 0 Å². The molecular formula is C23H38NO2P. The van der Waals surface area contributed by atoms with Crippen molar-refractivity contribution >= 4 is 24.2 Å². The molecule has 1 aromatic carbocycles. The first-order valence-electron chi connectivity index (χ1n) is 10.8. The Morgan fingerprint density at radius 2 is 1.37 bits per heavy atom. The topological polar surface area (TPSA) is 46.5 Å². The molecule has 27 heavy (non-hydrogen) atoms. The van der Waals surface area contributed by atoms with Gasteiger partial charge in [-0.1, -0.05) is 79.1 Å². The Morgan fingerprint density at radius 1 is 0.889 bits per heavy atom. The second kappa shape index (κ2) is 13.1. The number of hydrogen-bond acceptors (Lipinski definition) is 3. The molecule has 0 bridgehead atoms. The van der Waals surface area contributed by atoms with E-state index in [1.807, 2.05) is 12.1 Å². The standard InChI is InChI=1S/C23H38NO2P/c1-5-9-11-20(7-3)17-27(26,18-21(8-4)12-10-6-2)23-15-13-22(14-16-23)24-19-25/h13-16,20-21H,5-12,17-18H2,1-4H3. The number of unbranched alkanes of at least 4 members (excludes halogenated alkanes) is 2. The van der Waals surface area contributed by atoms with Crippen LogP contribution in [0.5, 0.6) is 0 Å². The normalized spacial score (nSPS) is 15.6. The van der Waals surface area contributed by atoms with Gasteiger partial charge in [0, 0.05) is 17.6 Å². The van der Waals surface area contributed by atoms with Crippen molar-refractivity contribution in [3.63, 3.8) is 0 Å². The SMILES string of the molecule is CCCCC(CC)CP(=O)(CC(CC)CCCC)c1ccc(N=C=O)cc1. The predicted octanol–water partition coefficient (Wildman–Crippen LogP) is 7.08. The van der Waals surface area contributed by atoms with E-state index in [-0.39, 0.29) is 0 Å². The van der Waals surface area contributed by atoms with Crippen molar-refractivity contribution < 1.29 is 9.36 Å². The summed E-state index contributed by atoms with van der Waals surface area (Å²) < 4.78 is 14.2. The number of nitrogens with zero attached hydrogens (tertiary/aromatic N) is 1. The molecule has 0 fully saturated rings. The third kappa shape index (κ3) is 8.16. The molecule has 0 N–H and O–H groups in total. The molecule has 0 aliphatic rings. The quantitative estimate of drug-likeness (QED) is 0.193. The lowest BCUT2D eigenvalue weighted by molar-refractivity contribution is 0.466. The summed E-state index contributed by atoms with van der Waals surface area (Å²) in [6.45, 7) is 8.88. The van der Waals surface area contributed by atoms with Gasteiger partial charge in [0.25, 0.3) is 0 Å². The van der Waals surface area contributed by atoms with Crippen molar-refractivity contribution in [2.75, 3.05) is 12.3 Å². The minimum Gasteiger partial charge on any atom is -0.319 e. The van der Waals surface area contributed by atoms with Crippen LogP contribution in [-0.2, 0) is 9.36 Å². The van der Waals surface area contributed by atoms with Gasteiger partial charge in [0.05, 0.1) is 5.69 Å². The molecule has 0 spiro atoms. The van der Waals surface area contributed by atoms with Crippen molar-refractivity contribution in [2.45, 2.75) is 79.1 Å². The molecule has 0 amide bonds. The summed E-state index contributed by atoms with van der Waals surface area (Å²) in [6.07, 6.45) is 12.5. The number of isocyanates is 1. The lowest BCUT2D eigenvalue weighted by Crippen LogP contribution is -2.20. The van der Waals surface area contributed by atoms with Gasteiger partial charge in [-0.15, -0.1) is 0 Å². The van der Waals surface area contributed by atoms with E-state index >= 15 is 0 Å². The Morgan fingerprint density at radius 3 is 1.74 bits per heavy atom. The molecule has 0 aromatic heterocycles. The molecule has 4 heteroatoms. The Kier molecular flexibility index (Phi) is 11.6. The van der Waals surface area contributed by atoms with Crippen LogP contribution in [0.3, 0.4) is 0 Å². The van der Waals surface area contributed by atoms with E-state index in [2.05, 4.69) is 32.7 Å². The molecule has 1 rings (SSSR count).